The van der Waals surface area contributed by atoms with Gasteiger partial charge in [0.25, 0.3) is 0 Å². The summed E-state index contributed by atoms with van der Waals surface area (Å²) in [5.41, 5.74) is 2.15. The van der Waals surface area contributed by atoms with Gasteiger partial charge in [-0.05, 0) is 35.7 Å². The van der Waals surface area contributed by atoms with Gasteiger partial charge < -0.3 is 9.47 Å². The first-order valence-corrected chi connectivity index (χ1v) is 7.79. The number of nitrogens with zero attached hydrogens (tertiary/aromatic N) is 2. The van der Waals surface area contributed by atoms with Crippen LogP contribution in [0.3, 0.4) is 0 Å². The van der Waals surface area contributed by atoms with E-state index in [0.29, 0.717) is 25.0 Å². The Morgan fingerprint density at radius 1 is 0.913 bits per heavy atom. The fraction of sp³-hybridized carbons (Fsp3) is 0.263. The number of para-hydroxylation sites is 1. The van der Waals surface area contributed by atoms with E-state index in [2.05, 4.69) is 35.9 Å². The molecule has 0 atom stereocenters. The lowest BCUT2D eigenvalue weighted by Crippen LogP contribution is -2.10. The number of hydrogen-bond acceptors (Lipinski definition) is 4. The molecule has 0 N–H and O–H groups in total. The van der Waals surface area contributed by atoms with Crippen molar-refractivity contribution in [1.29, 1.82) is 0 Å². The smallest absolute Gasteiger partial charge is 0.224 e. The van der Waals surface area contributed by atoms with Crippen LogP contribution in [0, 0.1) is 0 Å². The van der Waals surface area contributed by atoms with E-state index in [1.54, 1.807) is 0 Å². The Morgan fingerprint density at radius 3 is 2.61 bits per heavy atom. The van der Waals surface area contributed by atoms with Gasteiger partial charge in [-0.2, -0.15) is 0 Å². The molecule has 0 fully saturated rings. The summed E-state index contributed by atoms with van der Waals surface area (Å²) in [5.74, 6) is 1.95. The van der Waals surface area contributed by atoms with Gasteiger partial charge in [-0.25, -0.2) is 9.97 Å². The van der Waals surface area contributed by atoms with Gasteiger partial charge in [0.05, 0.1) is 10.9 Å². The third-order valence-electron chi connectivity index (χ3n) is 3.62. The Morgan fingerprint density at radius 2 is 1.74 bits per heavy atom. The van der Waals surface area contributed by atoms with Gasteiger partial charge in [-0.3, -0.25) is 0 Å². The largest absolute Gasteiger partial charge is 0.490 e. The molecule has 1 heterocycles. The van der Waals surface area contributed by atoms with Crippen LogP contribution in [-0.4, -0.2) is 23.2 Å². The molecule has 0 radical (unpaired) electrons. The molecule has 3 aromatic rings. The SMILES string of the molecule is CC(C)c1cccc(OCCOc2ncnc3ccccc23)c1. The number of rotatable bonds is 6. The van der Waals surface area contributed by atoms with Crippen molar-refractivity contribution < 1.29 is 9.47 Å². The summed E-state index contributed by atoms with van der Waals surface area (Å²) in [6.45, 7) is 5.25. The lowest BCUT2D eigenvalue weighted by atomic mass is 10.0. The molecule has 3 rings (SSSR count). The van der Waals surface area contributed by atoms with Crippen molar-refractivity contribution >= 4 is 10.9 Å². The first-order chi connectivity index (χ1) is 11.2. The molecular formula is C19H20N2O2. The van der Waals surface area contributed by atoms with Crippen LogP contribution in [0.1, 0.15) is 25.3 Å². The molecule has 23 heavy (non-hydrogen) atoms. The molecule has 4 nitrogen and oxygen atoms in total. The van der Waals surface area contributed by atoms with Crippen LogP contribution in [0.15, 0.2) is 54.9 Å². The summed E-state index contributed by atoms with van der Waals surface area (Å²) in [4.78, 5) is 8.42. The lowest BCUT2D eigenvalue weighted by Gasteiger charge is -2.11. The molecule has 0 spiro atoms. The van der Waals surface area contributed by atoms with E-state index in [4.69, 9.17) is 9.47 Å². The van der Waals surface area contributed by atoms with Crippen molar-refractivity contribution in [2.75, 3.05) is 13.2 Å². The van der Waals surface area contributed by atoms with Gasteiger partial charge in [0.2, 0.25) is 5.88 Å². The number of fused-ring (bicyclic) bond motifs is 1. The topological polar surface area (TPSA) is 44.2 Å². The second kappa shape index (κ2) is 7.09. The highest BCUT2D eigenvalue weighted by molar-refractivity contribution is 5.82. The third-order valence-corrected chi connectivity index (χ3v) is 3.62. The molecule has 0 aliphatic rings. The minimum Gasteiger partial charge on any atom is -0.490 e. The number of ether oxygens (including phenoxy) is 2. The zero-order valence-electron chi connectivity index (χ0n) is 13.4. The minimum absolute atomic E-state index is 0.437. The molecule has 1 aromatic heterocycles. The van der Waals surface area contributed by atoms with Crippen LogP contribution in [0.2, 0.25) is 0 Å². The standard InChI is InChI=1S/C19H20N2O2/c1-14(2)15-6-5-7-16(12-15)22-10-11-23-19-17-8-3-4-9-18(17)20-13-21-19/h3-9,12-14H,10-11H2,1-2H3. The van der Waals surface area contributed by atoms with Crippen LogP contribution in [-0.2, 0) is 0 Å². The average molecular weight is 308 g/mol. The summed E-state index contributed by atoms with van der Waals surface area (Å²) >= 11 is 0. The molecule has 0 amide bonds. The van der Waals surface area contributed by atoms with E-state index >= 15 is 0 Å². The van der Waals surface area contributed by atoms with Crippen LogP contribution in [0.4, 0.5) is 0 Å². The highest BCUT2D eigenvalue weighted by Gasteiger charge is 2.04. The minimum atomic E-state index is 0.437. The van der Waals surface area contributed by atoms with Gasteiger partial charge in [-0.1, -0.05) is 38.1 Å². The maximum Gasteiger partial charge on any atom is 0.224 e. The third kappa shape index (κ3) is 3.77. The fourth-order valence-corrected chi connectivity index (χ4v) is 2.36. The van der Waals surface area contributed by atoms with E-state index in [1.807, 2.05) is 36.4 Å². The zero-order valence-corrected chi connectivity index (χ0v) is 13.4. The van der Waals surface area contributed by atoms with Crippen molar-refractivity contribution in [1.82, 2.24) is 9.97 Å². The molecule has 0 aliphatic carbocycles. The summed E-state index contributed by atoms with van der Waals surface area (Å²) < 4.78 is 11.5. The Kier molecular flexibility index (Phi) is 4.71. The predicted octanol–water partition coefficient (Wildman–Crippen LogP) is 4.21. The molecule has 0 aliphatic heterocycles. The monoisotopic (exact) mass is 308 g/mol. The molecule has 0 unspecified atom stereocenters. The summed E-state index contributed by atoms with van der Waals surface area (Å²) in [5, 5.41) is 0.914. The second-order valence-electron chi connectivity index (χ2n) is 5.62. The maximum atomic E-state index is 5.76. The average Bonchev–Trinajstić information content (AvgIpc) is 2.59. The Balaban J connectivity index is 1.58. The predicted molar refractivity (Wildman–Crippen MR) is 91.1 cm³/mol. The molecular weight excluding hydrogens is 288 g/mol. The summed E-state index contributed by atoms with van der Waals surface area (Å²) in [6, 6.07) is 16.0. The first kappa shape index (κ1) is 15.3. The van der Waals surface area contributed by atoms with Crippen molar-refractivity contribution in [2.45, 2.75) is 19.8 Å². The number of aromatic nitrogens is 2. The van der Waals surface area contributed by atoms with Crippen LogP contribution in [0.25, 0.3) is 10.9 Å². The van der Waals surface area contributed by atoms with Crippen molar-refractivity contribution in [3.05, 3.63) is 60.4 Å². The molecule has 4 heteroatoms. The number of hydrogen-bond donors (Lipinski definition) is 0. The van der Waals surface area contributed by atoms with Crippen LogP contribution >= 0.6 is 0 Å². The van der Waals surface area contributed by atoms with Crippen molar-refractivity contribution in [3.8, 4) is 11.6 Å². The fourth-order valence-electron chi connectivity index (χ4n) is 2.36. The first-order valence-electron chi connectivity index (χ1n) is 7.79. The van der Waals surface area contributed by atoms with Gasteiger partial charge in [0, 0.05) is 0 Å². The van der Waals surface area contributed by atoms with Crippen molar-refractivity contribution in [2.24, 2.45) is 0 Å². The van der Waals surface area contributed by atoms with Crippen LogP contribution in [0.5, 0.6) is 11.6 Å². The number of benzene rings is 2. The Bertz CT molecular complexity index is 782. The maximum absolute atomic E-state index is 5.76. The van der Waals surface area contributed by atoms with E-state index in [0.717, 1.165) is 16.7 Å². The zero-order chi connectivity index (χ0) is 16.1. The van der Waals surface area contributed by atoms with Gasteiger partial charge in [-0.15, -0.1) is 0 Å². The Hall–Kier alpha value is -2.62. The molecule has 2 aromatic carbocycles. The van der Waals surface area contributed by atoms with Crippen LogP contribution < -0.4 is 9.47 Å². The quantitative estimate of drug-likeness (QED) is 0.640. The van der Waals surface area contributed by atoms with Gasteiger partial charge >= 0.3 is 0 Å². The molecule has 0 saturated heterocycles. The van der Waals surface area contributed by atoms with E-state index in [-0.39, 0.29) is 0 Å². The highest BCUT2D eigenvalue weighted by Crippen LogP contribution is 2.21. The lowest BCUT2D eigenvalue weighted by molar-refractivity contribution is 0.213. The normalized spacial score (nSPS) is 10.9. The van der Waals surface area contributed by atoms with E-state index < -0.39 is 0 Å². The van der Waals surface area contributed by atoms with Gasteiger partial charge in [0.1, 0.15) is 25.3 Å². The highest BCUT2D eigenvalue weighted by atomic mass is 16.5. The van der Waals surface area contributed by atoms with Gasteiger partial charge in [0.15, 0.2) is 0 Å². The molecule has 0 bridgehead atoms. The van der Waals surface area contributed by atoms with E-state index in [1.165, 1.54) is 11.9 Å². The molecule has 118 valence electrons. The van der Waals surface area contributed by atoms with E-state index in [9.17, 15) is 0 Å². The Labute approximate surface area is 136 Å². The second-order valence-corrected chi connectivity index (χ2v) is 5.62. The molecule has 0 saturated carbocycles. The summed E-state index contributed by atoms with van der Waals surface area (Å²) in [7, 11) is 0. The van der Waals surface area contributed by atoms with Crippen molar-refractivity contribution in [3.63, 3.8) is 0 Å². The summed E-state index contributed by atoms with van der Waals surface area (Å²) in [6.07, 6.45) is 1.52.